The van der Waals surface area contributed by atoms with Gasteiger partial charge in [-0.3, -0.25) is 4.79 Å². The average Bonchev–Trinajstić information content (AvgIpc) is 1.90. The SMILES string of the molecule is CO.C[C@@H](O)[C@H](N)C(=O)O. The molecule has 0 aliphatic rings. The Morgan fingerprint density at radius 1 is 1.50 bits per heavy atom. The van der Waals surface area contributed by atoms with Gasteiger partial charge in [0.1, 0.15) is 6.04 Å². The standard InChI is InChI=1S/C4H9NO3.CH4O/c1-2(6)3(5)4(7)8;1-2/h2-3,6H,5H2,1H3,(H,7,8);2H,1H3/t2-,3+;/m1./s1. The first kappa shape index (κ1) is 12.1. The Balaban J connectivity index is 0. The molecule has 5 N–H and O–H groups in total. The summed E-state index contributed by atoms with van der Waals surface area (Å²) in [5.74, 6) is -1.18. The minimum atomic E-state index is -1.18. The summed E-state index contributed by atoms with van der Waals surface area (Å²) in [7, 11) is 1.00. The summed E-state index contributed by atoms with van der Waals surface area (Å²) in [6.45, 7) is 1.33. The number of rotatable bonds is 2. The number of hydrogen-bond acceptors (Lipinski definition) is 4. The molecule has 0 aliphatic carbocycles. The van der Waals surface area contributed by atoms with Gasteiger partial charge in [0.05, 0.1) is 6.10 Å². The molecule has 0 unspecified atom stereocenters. The van der Waals surface area contributed by atoms with Crippen LogP contribution in [0.15, 0.2) is 0 Å². The van der Waals surface area contributed by atoms with Crippen molar-refractivity contribution in [3.8, 4) is 0 Å². The topological polar surface area (TPSA) is 104 Å². The number of carbonyl (C=O) groups is 1. The lowest BCUT2D eigenvalue weighted by Crippen LogP contribution is -2.39. The van der Waals surface area contributed by atoms with Crippen LogP contribution in [0.2, 0.25) is 0 Å². The van der Waals surface area contributed by atoms with E-state index in [9.17, 15) is 4.79 Å². The van der Waals surface area contributed by atoms with Gasteiger partial charge in [0.25, 0.3) is 0 Å². The summed E-state index contributed by atoms with van der Waals surface area (Å²) in [5.41, 5.74) is 4.91. The molecule has 0 spiro atoms. The number of aliphatic hydroxyl groups is 2. The van der Waals surface area contributed by atoms with Gasteiger partial charge in [0.2, 0.25) is 0 Å². The van der Waals surface area contributed by atoms with Crippen molar-refractivity contribution in [2.75, 3.05) is 7.11 Å². The Morgan fingerprint density at radius 2 is 1.80 bits per heavy atom. The average molecular weight is 151 g/mol. The van der Waals surface area contributed by atoms with Gasteiger partial charge in [-0.2, -0.15) is 0 Å². The summed E-state index contributed by atoms with van der Waals surface area (Å²) in [6.07, 6.45) is -0.979. The first-order valence-electron chi connectivity index (χ1n) is 2.67. The monoisotopic (exact) mass is 151 g/mol. The Labute approximate surface area is 59.1 Å². The fourth-order valence-electron chi connectivity index (χ4n) is 0.206. The lowest BCUT2D eigenvalue weighted by atomic mass is 10.2. The minimum Gasteiger partial charge on any atom is -0.480 e. The second-order valence-corrected chi connectivity index (χ2v) is 1.60. The molecule has 0 radical (unpaired) electrons. The van der Waals surface area contributed by atoms with Gasteiger partial charge >= 0.3 is 5.97 Å². The van der Waals surface area contributed by atoms with Gasteiger partial charge in [0, 0.05) is 7.11 Å². The molecular weight excluding hydrogens is 138 g/mol. The fourth-order valence-corrected chi connectivity index (χ4v) is 0.206. The van der Waals surface area contributed by atoms with Crippen LogP contribution in [0.3, 0.4) is 0 Å². The van der Waals surface area contributed by atoms with Crippen molar-refractivity contribution < 1.29 is 20.1 Å². The highest BCUT2D eigenvalue weighted by Crippen LogP contribution is 1.85. The van der Waals surface area contributed by atoms with E-state index < -0.39 is 18.1 Å². The first-order valence-corrected chi connectivity index (χ1v) is 2.67. The third kappa shape index (κ3) is 5.49. The summed E-state index contributed by atoms with van der Waals surface area (Å²) >= 11 is 0. The van der Waals surface area contributed by atoms with Crippen molar-refractivity contribution in [3.05, 3.63) is 0 Å². The third-order valence-electron chi connectivity index (χ3n) is 0.805. The molecule has 0 aliphatic heterocycles. The van der Waals surface area contributed by atoms with Gasteiger partial charge in [-0.1, -0.05) is 0 Å². The van der Waals surface area contributed by atoms with E-state index in [2.05, 4.69) is 0 Å². The third-order valence-corrected chi connectivity index (χ3v) is 0.805. The summed E-state index contributed by atoms with van der Waals surface area (Å²) in [5, 5.41) is 23.6. The highest BCUT2D eigenvalue weighted by Gasteiger charge is 2.16. The zero-order valence-electron chi connectivity index (χ0n) is 5.98. The molecule has 0 aromatic carbocycles. The molecule has 0 saturated carbocycles. The van der Waals surface area contributed by atoms with Crippen LogP contribution in [-0.2, 0) is 4.79 Å². The lowest BCUT2D eigenvalue weighted by Gasteiger charge is -2.06. The molecule has 0 bridgehead atoms. The number of hydrogen-bond donors (Lipinski definition) is 4. The molecule has 62 valence electrons. The Morgan fingerprint density at radius 3 is 1.80 bits per heavy atom. The maximum atomic E-state index is 9.86. The van der Waals surface area contributed by atoms with Crippen LogP contribution >= 0.6 is 0 Å². The number of carboxylic acids is 1. The summed E-state index contributed by atoms with van der Waals surface area (Å²) in [4.78, 5) is 9.86. The van der Waals surface area contributed by atoms with E-state index in [1.54, 1.807) is 0 Å². The zero-order chi connectivity index (χ0) is 8.73. The van der Waals surface area contributed by atoms with Crippen LogP contribution in [0.4, 0.5) is 0 Å². The Hall–Kier alpha value is -0.650. The molecule has 2 atom stereocenters. The highest BCUT2D eigenvalue weighted by molar-refractivity contribution is 5.73. The number of nitrogens with two attached hydrogens (primary N) is 1. The first-order chi connectivity index (χ1) is 4.55. The van der Waals surface area contributed by atoms with Gasteiger partial charge in [-0.15, -0.1) is 0 Å². The summed E-state index contributed by atoms with van der Waals surface area (Å²) < 4.78 is 0. The molecule has 5 nitrogen and oxygen atoms in total. The molecule has 0 aromatic heterocycles. The maximum Gasteiger partial charge on any atom is 0.323 e. The van der Waals surface area contributed by atoms with Gasteiger partial charge in [-0.05, 0) is 6.92 Å². The van der Waals surface area contributed by atoms with E-state index in [1.807, 2.05) is 0 Å². The molecule has 10 heavy (non-hydrogen) atoms. The molecule has 0 heterocycles. The largest absolute Gasteiger partial charge is 0.480 e. The smallest absolute Gasteiger partial charge is 0.323 e. The molecule has 0 saturated heterocycles. The molecule has 5 heteroatoms. The maximum absolute atomic E-state index is 9.86. The van der Waals surface area contributed by atoms with E-state index in [0.29, 0.717) is 0 Å². The normalized spacial score (nSPS) is 14.5. The number of aliphatic hydroxyl groups excluding tert-OH is 2. The minimum absolute atomic E-state index is 0.979. The van der Waals surface area contributed by atoms with E-state index >= 15 is 0 Å². The van der Waals surface area contributed by atoms with Crippen molar-refractivity contribution in [3.63, 3.8) is 0 Å². The molecule has 0 aromatic rings. The van der Waals surface area contributed by atoms with E-state index in [1.165, 1.54) is 6.92 Å². The van der Waals surface area contributed by atoms with E-state index in [4.69, 9.17) is 21.1 Å². The molecule has 0 rings (SSSR count). The highest BCUT2D eigenvalue weighted by atomic mass is 16.4. The number of aliphatic carboxylic acids is 1. The van der Waals surface area contributed by atoms with Crippen LogP contribution in [0.1, 0.15) is 6.92 Å². The Kier molecular flexibility index (Phi) is 7.81. The quantitative estimate of drug-likeness (QED) is 0.380. The zero-order valence-corrected chi connectivity index (χ0v) is 5.98. The van der Waals surface area contributed by atoms with Crippen LogP contribution in [0.5, 0.6) is 0 Å². The van der Waals surface area contributed by atoms with Crippen molar-refractivity contribution in [1.29, 1.82) is 0 Å². The second-order valence-electron chi connectivity index (χ2n) is 1.60. The predicted molar refractivity (Wildman–Crippen MR) is 35.4 cm³/mol. The summed E-state index contributed by atoms with van der Waals surface area (Å²) in [6, 6.07) is -1.16. The molecule has 0 amide bonds. The van der Waals surface area contributed by atoms with Crippen LogP contribution in [0, 0.1) is 0 Å². The van der Waals surface area contributed by atoms with Gasteiger partial charge < -0.3 is 21.1 Å². The van der Waals surface area contributed by atoms with Gasteiger partial charge in [0.15, 0.2) is 0 Å². The van der Waals surface area contributed by atoms with Gasteiger partial charge in [-0.25, -0.2) is 0 Å². The van der Waals surface area contributed by atoms with Crippen LogP contribution in [0.25, 0.3) is 0 Å². The van der Waals surface area contributed by atoms with Crippen molar-refractivity contribution in [2.24, 2.45) is 5.73 Å². The fraction of sp³-hybridized carbons (Fsp3) is 0.800. The second kappa shape index (κ2) is 6.47. The molecular formula is C5H13NO4. The van der Waals surface area contributed by atoms with Crippen LogP contribution in [-0.4, -0.2) is 40.5 Å². The van der Waals surface area contributed by atoms with E-state index in [-0.39, 0.29) is 0 Å². The van der Waals surface area contributed by atoms with E-state index in [0.717, 1.165) is 7.11 Å². The molecule has 0 fully saturated rings. The number of carboxylic acid groups (broad SMARTS) is 1. The lowest BCUT2D eigenvalue weighted by molar-refractivity contribution is -0.140. The Bertz CT molecular complexity index is 93.6. The predicted octanol–water partition coefficient (Wildman–Crippen LogP) is -1.61. The van der Waals surface area contributed by atoms with Crippen molar-refractivity contribution in [1.82, 2.24) is 0 Å². The van der Waals surface area contributed by atoms with Crippen molar-refractivity contribution in [2.45, 2.75) is 19.1 Å². The van der Waals surface area contributed by atoms with Crippen molar-refractivity contribution >= 4 is 5.97 Å². The van der Waals surface area contributed by atoms with Crippen LogP contribution < -0.4 is 5.73 Å².